The maximum atomic E-state index is 14.5. The van der Waals surface area contributed by atoms with E-state index in [4.69, 9.17) is 4.74 Å². The zero-order chi connectivity index (χ0) is 23.6. The minimum atomic E-state index is -3.46. The van der Waals surface area contributed by atoms with Gasteiger partial charge in [-0.2, -0.15) is 9.97 Å². The molecule has 0 aliphatic carbocycles. The van der Waals surface area contributed by atoms with E-state index in [1.807, 2.05) is 0 Å². The number of sulfone groups is 1. The molecule has 0 radical (unpaired) electrons. The van der Waals surface area contributed by atoms with Crippen LogP contribution in [0, 0.1) is 26.6 Å². The van der Waals surface area contributed by atoms with Crippen molar-refractivity contribution < 1.29 is 17.5 Å². The van der Waals surface area contributed by atoms with Crippen molar-refractivity contribution >= 4 is 9.84 Å². The van der Waals surface area contributed by atoms with E-state index in [0.717, 1.165) is 5.56 Å². The van der Waals surface area contributed by atoms with Crippen molar-refractivity contribution in [3.8, 4) is 23.1 Å². The molecule has 0 unspecified atom stereocenters. The van der Waals surface area contributed by atoms with E-state index in [2.05, 4.69) is 15.0 Å². The van der Waals surface area contributed by atoms with Crippen LogP contribution in [0.1, 0.15) is 35.9 Å². The minimum Gasteiger partial charge on any atom is -0.421 e. The Morgan fingerprint density at radius 1 is 1.06 bits per heavy atom. The smallest absolute Gasteiger partial charge is 0.325 e. The molecule has 2 aromatic heterocycles. The zero-order valence-electron chi connectivity index (χ0n) is 18.6. The fourth-order valence-corrected chi connectivity index (χ4v) is 4.63. The van der Waals surface area contributed by atoms with Crippen molar-refractivity contribution in [1.29, 1.82) is 0 Å². The van der Waals surface area contributed by atoms with Crippen LogP contribution in [0.5, 0.6) is 11.8 Å². The third-order valence-corrected chi connectivity index (χ3v) is 6.44. The molecule has 0 atom stereocenters. The van der Waals surface area contributed by atoms with Gasteiger partial charge in [0.15, 0.2) is 33.1 Å². The molecular weight excluding hydrogens is 435 g/mol. The number of benzene rings is 1. The van der Waals surface area contributed by atoms with Crippen LogP contribution >= 0.6 is 0 Å². The number of nitrogens with zero attached hydrogens (tertiary/aromatic N) is 4. The van der Waals surface area contributed by atoms with Gasteiger partial charge in [-0.05, 0) is 50.5 Å². The molecule has 0 aliphatic heterocycles. The van der Waals surface area contributed by atoms with E-state index >= 15 is 0 Å². The average Bonchev–Trinajstić information content (AvgIpc) is 2.67. The Morgan fingerprint density at radius 3 is 2.41 bits per heavy atom. The molecule has 1 aromatic carbocycles. The summed E-state index contributed by atoms with van der Waals surface area (Å²) in [4.78, 5) is 24.7. The largest absolute Gasteiger partial charge is 0.421 e. The molecule has 0 amide bonds. The summed E-state index contributed by atoms with van der Waals surface area (Å²) in [7, 11) is -1.86. The monoisotopic (exact) mass is 460 g/mol. The fourth-order valence-electron chi connectivity index (χ4n) is 3.34. The number of ether oxygens (including phenoxy) is 1. The number of rotatable bonds is 7. The van der Waals surface area contributed by atoms with Gasteiger partial charge >= 0.3 is 6.01 Å². The van der Waals surface area contributed by atoms with Gasteiger partial charge in [0.25, 0.3) is 5.56 Å². The first-order chi connectivity index (χ1) is 15.0. The summed E-state index contributed by atoms with van der Waals surface area (Å²) >= 11 is 0. The van der Waals surface area contributed by atoms with E-state index in [1.165, 1.54) is 16.8 Å². The molecule has 32 heavy (non-hydrogen) atoms. The first-order valence-corrected chi connectivity index (χ1v) is 11.9. The van der Waals surface area contributed by atoms with Gasteiger partial charge in [-0.25, -0.2) is 17.8 Å². The molecule has 0 spiro atoms. The molecular formula is C22H25FN4O4S. The second kappa shape index (κ2) is 9.15. The van der Waals surface area contributed by atoms with E-state index in [9.17, 15) is 17.6 Å². The highest BCUT2D eigenvalue weighted by Crippen LogP contribution is 2.28. The van der Waals surface area contributed by atoms with Gasteiger partial charge in [0.2, 0.25) is 0 Å². The molecule has 0 bridgehead atoms. The maximum Gasteiger partial charge on any atom is 0.325 e. The summed E-state index contributed by atoms with van der Waals surface area (Å²) < 4.78 is 46.3. The van der Waals surface area contributed by atoms with Gasteiger partial charge in [-0.3, -0.25) is 4.79 Å². The van der Waals surface area contributed by atoms with E-state index < -0.39 is 21.4 Å². The summed E-state index contributed by atoms with van der Waals surface area (Å²) in [5.74, 6) is -0.952. The highest BCUT2D eigenvalue weighted by atomic mass is 32.2. The van der Waals surface area contributed by atoms with Crippen LogP contribution in [0.15, 0.2) is 29.2 Å². The molecule has 10 heteroatoms. The van der Waals surface area contributed by atoms with Gasteiger partial charge in [0.1, 0.15) is 5.75 Å². The van der Waals surface area contributed by atoms with Crippen LogP contribution in [-0.4, -0.2) is 33.7 Å². The lowest BCUT2D eigenvalue weighted by molar-refractivity contribution is 0.404. The van der Waals surface area contributed by atoms with E-state index in [0.29, 0.717) is 23.1 Å². The second-order valence-corrected chi connectivity index (χ2v) is 9.96. The summed E-state index contributed by atoms with van der Waals surface area (Å²) in [5, 5.41) is 0. The van der Waals surface area contributed by atoms with Gasteiger partial charge < -0.3 is 9.30 Å². The number of halogens is 1. The molecule has 0 saturated heterocycles. The SMILES string of the molecule is CCCS(=O)(=O)Cc1nc(Oc2c(C)cc(C)cc2F)nc(-c2cc(C)c(=O)n(C)c2)n1. The van der Waals surface area contributed by atoms with E-state index in [-0.39, 0.29) is 34.7 Å². The Morgan fingerprint density at radius 2 is 1.78 bits per heavy atom. The lowest BCUT2D eigenvalue weighted by atomic mass is 10.1. The van der Waals surface area contributed by atoms with Crippen molar-refractivity contribution in [2.45, 2.75) is 39.9 Å². The highest BCUT2D eigenvalue weighted by molar-refractivity contribution is 7.90. The average molecular weight is 461 g/mol. The molecule has 3 aromatic rings. The van der Waals surface area contributed by atoms with Crippen molar-refractivity contribution in [2.24, 2.45) is 7.05 Å². The Labute approximate surface area is 186 Å². The van der Waals surface area contributed by atoms with Crippen molar-refractivity contribution in [3.63, 3.8) is 0 Å². The third-order valence-electron chi connectivity index (χ3n) is 4.71. The molecule has 0 N–H and O–H groups in total. The number of aryl methyl sites for hydroxylation is 4. The van der Waals surface area contributed by atoms with Gasteiger partial charge in [-0.15, -0.1) is 0 Å². The zero-order valence-corrected chi connectivity index (χ0v) is 19.5. The topological polar surface area (TPSA) is 104 Å². The van der Waals surface area contributed by atoms with Gasteiger partial charge in [0, 0.05) is 24.4 Å². The van der Waals surface area contributed by atoms with Crippen LogP contribution in [0.3, 0.4) is 0 Å². The molecule has 0 fully saturated rings. The molecule has 0 saturated carbocycles. The summed E-state index contributed by atoms with van der Waals surface area (Å²) in [6.45, 7) is 6.87. The Hall–Kier alpha value is -3.14. The van der Waals surface area contributed by atoms with Crippen LogP contribution in [-0.2, 0) is 22.6 Å². The fraction of sp³-hybridized carbons (Fsp3) is 0.364. The Balaban J connectivity index is 2.14. The Kier molecular flexibility index (Phi) is 6.73. The quantitative estimate of drug-likeness (QED) is 0.532. The van der Waals surface area contributed by atoms with Crippen LogP contribution in [0.4, 0.5) is 4.39 Å². The predicted octanol–water partition coefficient (Wildman–Crippen LogP) is 3.42. The molecule has 3 rings (SSSR count). The molecule has 170 valence electrons. The lowest BCUT2D eigenvalue weighted by Crippen LogP contribution is -2.19. The molecule has 2 heterocycles. The van der Waals surface area contributed by atoms with E-state index in [1.54, 1.807) is 46.9 Å². The second-order valence-electron chi connectivity index (χ2n) is 7.77. The number of aromatic nitrogens is 4. The van der Waals surface area contributed by atoms with Crippen molar-refractivity contribution in [3.05, 3.63) is 63.1 Å². The third kappa shape index (κ3) is 5.37. The standard InChI is InChI=1S/C22H25FN4O4S/c1-6-7-32(29,30)12-18-24-20(16-10-15(4)21(28)27(5)11-16)26-22(25-18)31-19-14(3)8-13(2)9-17(19)23/h8-11H,6-7,12H2,1-5H3. The summed E-state index contributed by atoms with van der Waals surface area (Å²) in [5.41, 5.74) is 2.04. The van der Waals surface area contributed by atoms with Crippen molar-refractivity contribution in [1.82, 2.24) is 19.5 Å². The van der Waals surface area contributed by atoms with Gasteiger partial charge in [0.05, 0.1) is 5.75 Å². The van der Waals surface area contributed by atoms with Crippen molar-refractivity contribution in [2.75, 3.05) is 5.75 Å². The summed E-state index contributed by atoms with van der Waals surface area (Å²) in [6.07, 6.45) is 1.99. The van der Waals surface area contributed by atoms with Crippen LogP contribution < -0.4 is 10.3 Å². The lowest BCUT2D eigenvalue weighted by Gasteiger charge is -2.12. The van der Waals surface area contributed by atoms with Gasteiger partial charge in [-0.1, -0.05) is 13.0 Å². The first kappa shape index (κ1) is 23.5. The molecule has 0 aliphatic rings. The number of hydrogen-bond donors (Lipinski definition) is 0. The summed E-state index contributed by atoms with van der Waals surface area (Å²) in [6, 6.07) is 4.45. The Bertz CT molecular complexity index is 1290. The first-order valence-electron chi connectivity index (χ1n) is 10.1. The highest BCUT2D eigenvalue weighted by Gasteiger charge is 2.19. The minimum absolute atomic E-state index is 0.0184. The predicted molar refractivity (Wildman–Crippen MR) is 119 cm³/mol. The van der Waals surface area contributed by atoms with Crippen LogP contribution in [0.25, 0.3) is 11.4 Å². The maximum absolute atomic E-state index is 14.5. The number of hydrogen-bond acceptors (Lipinski definition) is 7. The number of pyridine rings is 1. The molecule has 8 nitrogen and oxygen atoms in total. The normalized spacial score (nSPS) is 11.6. The van der Waals surface area contributed by atoms with Crippen LogP contribution in [0.2, 0.25) is 0 Å².